The molecule has 0 saturated carbocycles. The minimum atomic E-state index is 0.549. The standard InChI is InChI=1S/C22H32N2O5S2/c1-15-30-21(17-23-3-7-25-8-4-23)19(1)28-13-11-27-12-14-29-20-2-16-31-22(20)18-24-5-9-26-10-6-24/h1-2,15-16H,3-14,17-18H2. The molecule has 0 atom stereocenters. The number of rotatable bonds is 12. The van der Waals surface area contributed by atoms with Crippen LogP contribution >= 0.6 is 22.7 Å². The van der Waals surface area contributed by atoms with Gasteiger partial charge in [0.25, 0.3) is 0 Å². The minimum absolute atomic E-state index is 0.549. The van der Waals surface area contributed by atoms with E-state index in [9.17, 15) is 0 Å². The Morgan fingerprint density at radius 2 is 1.13 bits per heavy atom. The van der Waals surface area contributed by atoms with Gasteiger partial charge in [0.2, 0.25) is 0 Å². The molecule has 0 unspecified atom stereocenters. The van der Waals surface area contributed by atoms with Gasteiger partial charge in [-0.05, 0) is 22.9 Å². The highest BCUT2D eigenvalue weighted by Crippen LogP contribution is 2.27. The average molecular weight is 469 g/mol. The highest BCUT2D eigenvalue weighted by atomic mass is 32.1. The van der Waals surface area contributed by atoms with Gasteiger partial charge in [0.05, 0.1) is 49.4 Å². The fourth-order valence-corrected chi connectivity index (χ4v) is 5.31. The molecule has 2 aliphatic heterocycles. The van der Waals surface area contributed by atoms with E-state index in [0.717, 1.165) is 77.2 Å². The first-order valence-electron chi connectivity index (χ1n) is 10.9. The van der Waals surface area contributed by atoms with Gasteiger partial charge in [-0.25, -0.2) is 0 Å². The lowest BCUT2D eigenvalue weighted by Crippen LogP contribution is -2.35. The second kappa shape index (κ2) is 12.7. The van der Waals surface area contributed by atoms with Crippen molar-refractivity contribution in [1.29, 1.82) is 0 Å². The Bertz CT molecular complexity index is 694. The molecule has 0 bridgehead atoms. The molecular weight excluding hydrogens is 436 g/mol. The van der Waals surface area contributed by atoms with Crippen molar-refractivity contribution in [2.45, 2.75) is 13.1 Å². The molecule has 4 heterocycles. The number of ether oxygens (including phenoxy) is 5. The van der Waals surface area contributed by atoms with Gasteiger partial charge < -0.3 is 23.7 Å². The van der Waals surface area contributed by atoms with Crippen molar-refractivity contribution in [1.82, 2.24) is 9.80 Å². The van der Waals surface area contributed by atoms with Crippen LogP contribution in [0, 0.1) is 0 Å². The average Bonchev–Trinajstić information content (AvgIpc) is 3.44. The van der Waals surface area contributed by atoms with E-state index in [-0.39, 0.29) is 0 Å². The quantitative estimate of drug-likeness (QED) is 0.444. The summed E-state index contributed by atoms with van der Waals surface area (Å²) in [6.07, 6.45) is 0. The van der Waals surface area contributed by atoms with Crippen molar-refractivity contribution in [3.8, 4) is 11.5 Å². The van der Waals surface area contributed by atoms with Crippen LogP contribution in [0.5, 0.6) is 11.5 Å². The molecule has 4 rings (SSSR count). The highest BCUT2D eigenvalue weighted by molar-refractivity contribution is 7.10. The number of nitrogens with zero attached hydrogens (tertiary/aromatic N) is 2. The number of morpholine rings is 2. The summed E-state index contributed by atoms with van der Waals surface area (Å²) in [5, 5.41) is 4.18. The minimum Gasteiger partial charge on any atom is -0.490 e. The van der Waals surface area contributed by atoms with E-state index < -0.39 is 0 Å². The SMILES string of the molecule is c1cc(OCCOCCOc2ccsc2CN2CCOCC2)c(CN2CCOCC2)s1. The van der Waals surface area contributed by atoms with Crippen molar-refractivity contribution >= 4 is 22.7 Å². The van der Waals surface area contributed by atoms with Crippen LogP contribution in [0.3, 0.4) is 0 Å². The Hall–Kier alpha value is -1.20. The largest absolute Gasteiger partial charge is 0.490 e. The van der Waals surface area contributed by atoms with E-state index >= 15 is 0 Å². The lowest BCUT2D eigenvalue weighted by Gasteiger charge is -2.26. The molecular formula is C22H32N2O5S2. The molecule has 0 radical (unpaired) electrons. The zero-order valence-corrected chi connectivity index (χ0v) is 19.6. The Balaban J connectivity index is 1.09. The monoisotopic (exact) mass is 468 g/mol. The predicted molar refractivity (Wildman–Crippen MR) is 123 cm³/mol. The molecule has 31 heavy (non-hydrogen) atoms. The van der Waals surface area contributed by atoms with E-state index in [1.165, 1.54) is 9.75 Å². The summed E-state index contributed by atoms with van der Waals surface area (Å²) < 4.78 is 28.5. The van der Waals surface area contributed by atoms with Gasteiger partial charge in [-0.15, -0.1) is 22.7 Å². The molecule has 0 aliphatic carbocycles. The molecule has 2 saturated heterocycles. The third kappa shape index (κ3) is 7.42. The van der Waals surface area contributed by atoms with E-state index in [2.05, 4.69) is 32.7 Å². The third-order valence-corrected chi connectivity index (χ3v) is 7.10. The molecule has 2 fully saturated rings. The Kier molecular flexibility index (Phi) is 9.44. The Morgan fingerprint density at radius 3 is 1.58 bits per heavy atom. The van der Waals surface area contributed by atoms with E-state index in [1.807, 2.05) is 0 Å². The van der Waals surface area contributed by atoms with Crippen LogP contribution in [0.2, 0.25) is 0 Å². The lowest BCUT2D eigenvalue weighted by molar-refractivity contribution is 0.0338. The van der Waals surface area contributed by atoms with Crippen LogP contribution in [0.25, 0.3) is 0 Å². The smallest absolute Gasteiger partial charge is 0.134 e. The summed E-state index contributed by atoms with van der Waals surface area (Å²) in [4.78, 5) is 7.37. The summed E-state index contributed by atoms with van der Waals surface area (Å²) in [7, 11) is 0. The first-order chi connectivity index (χ1) is 15.4. The molecule has 2 aliphatic rings. The normalized spacial score (nSPS) is 18.3. The molecule has 2 aromatic rings. The summed E-state index contributed by atoms with van der Waals surface area (Å²) in [5.41, 5.74) is 0. The van der Waals surface area contributed by atoms with Crippen molar-refractivity contribution < 1.29 is 23.7 Å². The molecule has 0 N–H and O–H groups in total. The summed E-state index contributed by atoms with van der Waals surface area (Å²) in [6.45, 7) is 11.3. The van der Waals surface area contributed by atoms with Gasteiger partial charge in [0.1, 0.15) is 24.7 Å². The van der Waals surface area contributed by atoms with Gasteiger partial charge in [-0.3, -0.25) is 9.80 Å². The summed E-state index contributed by atoms with van der Waals surface area (Å²) in [6, 6.07) is 4.10. The van der Waals surface area contributed by atoms with Gasteiger partial charge in [0.15, 0.2) is 0 Å². The molecule has 0 aromatic carbocycles. The Morgan fingerprint density at radius 1 is 0.677 bits per heavy atom. The van der Waals surface area contributed by atoms with E-state index in [4.69, 9.17) is 23.7 Å². The second-order valence-corrected chi connectivity index (χ2v) is 9.50. The third-order valence-electron chi connectivity index (χ3n) is 5.32. The Labute approximate surface area is 192 Å². The maximum Gasteiger partial charge on any atom is 0.134 e. The lowest BCUT2D eigenvalue weighted by atomic mass is 10.3. The van der Waals surface area contributed by atoms with Gasteiger partial charge in [0, 0.05) is 39.3 Å². The van der Waals surface area contributed by atoms with Crippen molar-refractivity contribution in [3.63, 3.8) is 0 Å². The van der Waals surface area contributed by atoms with Crippen molar-refractivity contribution in [3.05, 3.63) is 32.6 Å². The molecule has 0 amide bonds. The summed E-state index contributed by atoms with van der Waals surface area (Å²) >= 11 is 3.50. The van der Waals surface area contributed by atoms with Crippen LogP contribution in [0.4, 0.5) is 0 Å². The van der Waals surface area contributed by atoms with Crippen LogP contribution in [0.1, 0.15) is 9.75 Å². The van der Waals surface area contributed by atoms with Crippen molar-refractivity contribution in [2.75, 3.05) is 79.0 Å². The zero-order chi connectivity index (χ0) is 21.1. The predicted octanol–water partition coefficient (Wildman–Crippen LogP) is 2.95. The van der Waals surface area contributed by atoms with Crippen LogP contribution in [0.15, 0.2) is 22.9 Å². The number of hydrogen-bond donors (Lipinski definition) is 0. The van der Waals surface area contributed by atoms with E-state index in [0.29, 0.717) is 26.4 Å². The van der Waals surface area contributed by atoms with Gasteiger partial charge in [-0.2, -0.15) is 0 Å². The molecule has 9 heteroatoms. The van der Waals surface area contributed by atoms with Gasteiger partial charge >= 0.3 is 0 Å². The molecule has 0 spiro atoms. The highest BCUT2D eigenvalue weighted by Gasteiger charge is 2.15. The van der Waals surface area contributed by atoms with E-state index in [1.54, 1.807) is 22.7 Å². The fraction of sp³-hybridized carbons (Fsp3) is 0.636. The maximum absolute atomic E-state index is 5.95. The first-order valence-corrected chi connectivity index (χ1v) is 12.7. The number of thiophene rings is 2. The van der Waals surface area contributed by atoms with Crippen molar-refractivity contribution in [2.24, 2.45) is 0 Å². The first kappa shape index (κ1) is 23.0. The van der Waals surface area contributed by atoms with Gasteiger partial charge in [-0.1, -0.05) is 0 Å². The fourth-order valence-electron chi connectivity index (χ4n) is 3.59. The molecule has 2 aromatic heterocycles. The second-order valence-electron chi connectivity index (χ2n) is 7.50. The van der Waals surface area contributed by atoms with Crippen LogP contribution in [-0.2, 0) is 27.3 Å². The molecule has 7 nitrogen and oxygen atoms in total. The summed E-state index contributed by atoms with van der Waals surface area (Å²) in [5.74, 6) is 1.95. The zero-order valence-electron chi connectivity index (χ0n) is 18.0. The van der Waals surface area contributed by atoms with Crippen LogP contribution in [-0.4, -0.2) is 88.8 Å². The molecule has 172 valence electrons. The maximum atomic E-state index is 5.95. The van der Waals surface area contributed by atoms with Crippen LogP contribution < -0.4 is 9.47 Å². The number of hydrogen-bond acceptors (Lipinski definition) is 9. The topological polar surface area (TPSA) is 52.6 Å².